The third kappa shape index (κ3) is 8.39. The Labute approximate surface area is 241 Å². The zero-order chi connectivity index (χ0) is 29.6. The summed E-state index contributed by atoms with van der Waals surface area (Å²) in [5, 5.41) is 18.2. The van der Waals surface area contributed by atoms with Crippen molar-refractivity contribution in [3.63, 3.8) is 0 Å². The number of Topliss-reactive ketones (excluding diaryl/α,β-unsaturated/α-hetero) is 1. The average molecular weight is 570 g/mol. The maximum Gasteiger partial charge on any atom is 0.243 e. The smallest absolute Gasteiger partial charge is 0.243 e. The van der Waals surface area contributed by atoms with Gasteiger partial charge in [-0.2, -0.15) is 0 Å². The van der Waals surface area contributed by atoms with E-state index in [-0.39, 0.29) is 36.1 Å². The number of hydrogen-bond donors (Lipinski definition) is 4. The van der Waals surface area contributed by atoms with Crippen molar-refractivity contribution in [3.05, 3.63) is 42.0 Å². The van der Waals surface area contributed by atoms with Crippen molar-refractivity contribution in [1.29, 1.82) is 0 Å². The maximum absolute atomic E-state index is 13.7. The first kappa shape index (κ1) is 30.7. The number of benzene rings is 1. The van der Waals surface area contributed by atoms with E-state index in [4.69, 9.17) is 9.47 Å². The number of epoxide rings is 1. The van der Waals surface area contributed by atoms with E-state index < -0.39 is 35.5 Å². The van der Waals surface area contributed by atoms with E-state index in [1.807, 2.05) is 12.1 Å². The molecule has 224 valence electrons. The molecule has 2 fully saturated rings. The van der Waals surface area contributed by atoms with Crippen molar-refractivity contribution in [3.8, 4) is 5.75 Å². The van der Waals surface area contributed by atoms with Crippen LogP contribution in [0.4, 0.5) is 0 Å². The molecule has 1 saturated heterocycles. The lowest BCUT2D eigenvalue weighted by atomic mass is 9.87. The second kappa shape index (κ2) is 13.6. The summed E-state index contributed by atoms with van der Waals surface area (Å²) in [6.07, 6.45) is 8.41. The van der Waals surface area contributed by atoms with Crippen LogP contribution in [0.25, 0.3) is 0 Å². The van der Waals surface area contributed by atoms with E-state index >= 15 is 0 Å². The van der Waals surface area contributed by atoms with Crippen LogP contribution in [0.1, 0.15) is 64.4 Å². The van der Waals surface area contributed by atoms with Gasteiger partial charge in [-0.15, -0.1) is 0 Å². The Kier molecular flexibility index (Phi) is 10.2. The number of methoxy groups -OCH3 is 1. The molecule has 10 nitrogen and oxygen atoms in total. The zero-order valence-corrected chi connectivity index (χ0v) is 24.2. The van der Waals surface area contributed by atoms with E-state index in [9.17, 15) is 24.3 Å². The molecule has 2 aliphatic carbocycles. The molecule has 3 aliphatic rings. The molecule has 0 aromatic heterocycles. The molecule has 0 spiro atoms. The quantitative estimate of drug-likeness (QED) is 0.210. The minimum atomic E-state index is -0.981. The van der Waals surface area contributed by atoms with Crippen LogP contribution >= 0.6 is 0 Å². The van der Waals surface area contributed by atoms with Crippen LogP contribution in [0, 0.1) is 11.8 Å². The molecule has 1 aromatic carbocycles. The number of ketones is 1. The SMILES string of the molecule is COc1ccc(CC(NC(=O)C(C)NC(=O)C2CCC(O)CC2)C(=O)NC(CC2CC=CC2)C(=O)C2(C)CO2)cc1. The minimum Gasteiger partial charge on any atom is -0.497 e. The van der Waals surface area contributed by atoms with Gasteiger partial charge < -0.3 is 30.5 Å². The lowest BCUT2D eigenvalue weighted by Gasteiger charge is -2.28. The van der Waals surface area contributed by atoms with Crippen molar-refractivity contribution < 1.29 is 33.8 Å². The lowest BCUT2D eigenvalue weighted by Crippen LogP contribution is -2.57. The van der Waals surface area contributed by atoms with Crippen LogP contribution in [-0.2, 0) is 30.3 Å². The lowest BCUT2D eigenvalue weighted by molar-refractivity contribution is -0.135. The fraction of sp³-hybridized carbons (Fsp3) is 0.613. The second-order valence-electron chi connectivity index (χ2n) is 11.8. The molecular weight excluding hydrogens is 526 g/mol. The van der Waals surface area contributed by atoms with Crippen LogP contribution in [0.3, 0.4) is 0 Å². The highest BCUT2D eigenvalue weighted by atomic mass is 16.6. The first-order chi connectivity index (χ1) is 19.6. The number of hydrogen-bond acceptors (Lipinski definition) is 7. The van der Waals surface area contributed by atoms with Crippen LogP contribution in [0.15, 0.2) is 36.4 Å². The largest absolute Gasteiger partial charge is 0.497 e. The molecule has 10 heteroatoms. The molecule has 1 heterocycles. The topological polar surface area (TPSA) is 146 Å². The van der Waals surface area contributed by atoms with E-state index in [0.717, 1.165) is 18.4 Å². The minimum absolute atomic E-state index is 0.162. The number of aliphatic hydroxyl groups excluding tert-OH is 1. The highest BCUT2D eigenvalue weighted by molar-refractivity contribution is 5.98. The summed E-state index contributed by atoms with van der Waals surface area (Å²) >= 11 is 0. The number of aliphatic hydroxyl groups is 1. The van der Waals surface area contributed by atoms with Crippen molar-refractivity contribution in [2.45, 2.75) is 95.0 Å². The van der Waals surface area contributed by atoms with Gasteiger partial charge in [0.1, 0.15) is 23.4 Å². The Morgan fingerprint density at radius 3 is 2.17 bits per heavy atom. The second-order valence-corrected chi connectivity index (χ2v) is 11.8. The maximum atomic E-state index is 13.7. The van der Waals surface area contributed by atoms with Crippen LogP contribution in [-0.4, -0.2) is 72.2 Å². The third-order valence-electron chi connectivity index (χ3n) is 8.46. The molecule has 1 saturated carbocycles. The zero-order valence-electron chi connectivity index (χ0n) is 24.2. The molecule has 3 amide bonds. The van der Waals surface area contributed by atoms with Gasteiger partial charge in [-0.25, -0.2) is 0 Å². The van der Waals surface area contributed by atoms with Gasteiger partial charge in [0.25, 0.3) is 0 Å². The van der Waals surface area contributed by atoms with Gasteiger partial charge >= 0.3 is 0 Å². The van der Waals surface area contributed by atoms with Gasteiger partial charge in [-0.1, -0.05) is 24.3 Å². The Balaban J connectivity index is 1.45. The fourth-order valence-corrected chi connectivity index (χ4v) is 5.56. The van der Waals surface area contributed by atoms with Gasteiger partial charge in [0.05, 0.1) is 25.9 Å². The summed E-state index contributed by atoms with van der Waals surface area (Å²) in [6, 6.07) is 4.60. The van der Waals surface area contributed by atoms with Crippen molar-refractivity contribution >= 4 is 23.5 Å². The summed E-state index contributed by atoms with van der Waals surface area (Å²) in [4.78, 5) is 53.0. The standard InChI is InChI=1S/C31H43N3O7/c1-19(32-29(38)22-10-12-23(35)13-11-22)28(37)34-26(17-21-8-14-24(40-3)15-9-21)30(39)33-25(16-20-6-4-5-7-20)27(36)31(2)18-41-31/h4-5,8-9,14-15,19-20,22-23,25-26,35H,6-7,10-13,16-18H2,1-3H3,(H,32,38)(H,33,39)(H,34,37). The Morgan fingerprint density at radius 1 is 0.976 bits per heavy atom. The molecule has 4 unspecified atom stereocenters. The van der Waals surface area contributed by atoms with Gasteiger partial charge in [0.2, 0.25) is 17.7 Å². The number of ether oxygens (including phenoxy) is 2. The monoisotopic (exact) mass is 569 g/mol. The molecule has 4 N–H and O–H groups in total. The molecule has 4 atom stereocenters. The van der Waals surface area contributed by atoms with Crippen molar-refractivity contribution in [2.24, 2.45) is 11.8 Å². The number of nitrogens with one attached hydrogen (secondary N) is 3. The summed E-state index contributed by atoms with van der Waals surface area (Å²) in [6.45, 7) is 3.64. The Bertz CT molecular complexity index is 1120. The van der Waals surface area contributed by atoms with Crippen LogP contribution in [0.2, 0.25) is 0 Å². The van der Waals surface area contributed by atoms with Gasteiger partial charge in [0, 0.05) is 12.3 Å². The Morgan fingerprint density at radius 2 is 1.59 bits per heavy atom. The molecular formula is C31H43N3O7. The fourth-order valence-electron chi connectivity index (χ4n) is 5.56. The highest BCUT2D eigenvalue weighted by Crippen LogP contribution is 2.32. The number of rotatable bonds is 13. The summed E-state index contributed by atoms with van der Waals surface area (Å²) in [5.41, 5.74) is -0.101. The molecule has 1 aliphatic heterocycles. The molecule has 4 rings (SSSR count). The van der Waals surface area contributed by atoms with Gasteiger partial charge in [-0.3, -0.25) is 19.2 Å². The average Bonchev–Trinajstić information content (AvgIpc) is 3.50. The molecule has 0 radical (unpaired) electrons. The molecule has 1 aromatic rings. The van der Waals surface area contributed by atoms with Gasteiger partial charge in [0.15, 0.2) is 5.78 Å². The Hall–Kier alpha value is -3.24. The summed E-state index contributed by atoms with van der Waals surface area (Å²) in [5.74, 6) is -0.702. The number of allylic oxidation sites excluding steroid dienone is 2. The van der Waals surface area contributed by atoms with Crippen LogP contribution < -0.4 is 20.7 Å². The highest BCUT2D eigenvalue weighted by Gasteiger charge is 2.50. The summed E-state index contributed by atoms with van der Waals surface area (Å²) in [7, 11) is 1.57. The third-order valence-corrected chi connectivity index (χ3v) is 8.46. The molecule has 0 bridgehead atoms. The number of carbonyl (C=O) groups is 4. The van der Waals surface area contributed by atoms with E-state index in [1.165, 1.54) is 0 Å². The predicted molar refractivity (Wildman–Crippen MR) is 152 cm³/mol. The van der Waals surface area contributed by atoms with Crippen molar-refractivity contribution in [2.75, 3.05) is 13.7 Å². The van der Waals surface area contributed by atoms with E-state index in [0.29, 0.717) is 44.5 Å². The van der Waals surface area contributed by atoms with E-state index in [2.05, 4.69) is 28.1 Å². The normalized spacial score (nSPS) is 26.0. The summed E-state index contributed by atoms with van der Waals surface area (Å²) < 4.78 is 10.6. The van der Waals surface area contributed by atoms with Crippen LogP contribution in [0.5, 0.6) is 5.75 Å². The number of amides is 3. The first-order valence-electron chi connectivity index (χ1n) is 14.6. The van der Waals surface area contributed by atoms with Crippen molar-refractivity contribution in [1.82, 2.24) is 16.0 Å². The first-order valence-corrected chi connectivity index (χ1v) is 14.6. The predicted octanol–water partition coefficient (Wildman–Crippen LogP) is 1.98. The van der Waals surface area contributed by atoms with Gasteiger partial charge in [-0.05, 0) is 82.4 Å². The van der Waals surface area contributed by atoms with E-state index in [1.54, 1.807) is 33.1 Å². The number of carbonyl (C=O) groups excluding carboxylic acids is 4. The molecule has 41 heavy (non-hydrogen) atoms.